The number of aryl methyl sites for hydroxylation is 1. The van der Waals surface area contributed by atoms with Gasteiger partial charge in [-0.05, 0) is 33.6 Å². The Hall–Kier alpha value is -2.30. The Kier molecular flexibility index (Phi) is 6.82. The first kappa shape index (κ1) is 23.0. The summed E-state index contributed by atoms with van der Waals surface area (Å²) >= 11 is 0. The van der Waals surface area contributed by atoms with Crippen LogP contribution in [0, 0.1) is 0 Å². The predicted octanol–water partition coefficient (Wildman–Crippen LogP) is 2.75. The molecule has 8 nitrogen and oxygen atoms in total. The lowest BCUT2D eigenvalue weighted by Gasteiger charge is -2.38. The molecular weight excluding hydrogens is 393 g/mol. The van der Waals surface area contributed by atoms with Crippen LogP contribution in [0.25, 0.3) is 0 Å². The number of rotatable bonds is 4. The van der Waals surface area contributed by atoms with E-state index in [0.717, 1.165) is 0 Å². The zero-order chi connectivity index (χ0) is 22.0. The summed E-state index contributed by atoms with van der Waals surface area (Å²) in [5, 5.41) is 2.66. The van der Waals surface area contributed by atoms with Crippen molar-refractivity contribution < 1.29 is 32.2 Å². The van der Waals surface area contributed by atoms with Crippen LogP contribution < -0.4 is 5.32 Å². The summed E-state index contributed by atoms with van der Waals surface area (Å²) in [4.78, 5) is 32.0. The van der Waals surface area contributed by atoms with Crippen molar-refractivity contribution >= 4 is 12.0 Å². The average molecular weight is 420 g/mol. The molecule has 1 aromatic heterocycles. The van der Waals surface area contributed by atoms with Crippen LogP contribution >= 0.6 is 0 Å². The minimum Gasteiger partial charge on any atom is -0.444 e. The van der Waals surface area contributed by atoms with Gasteiger partial charge in [-0.3, -0.25) is 4.79 Å². The summed E-state index contributed by atoms with van der Waals surface area (Å²) in [6, 6.07) is -0.490. The molecule has 1 saturated heterocycles. The SMILES string of the molecule is CCc1[nH]c(C(=O)NC2CCN(C(=O)OC(C)(C)C)CC2OC)nc1C(F)(F)F. The second kappa shape index (κ2) is 8.60. The first-order chi connectivity index (χ1) is 13.4. The van der Waals surface area contributed by atoms with Crippen molar-refractivity contribution in [1.82, 2.24) is 20.2 Å². The summed E-state index contributed by atoms with van der Waals surface area (Å²) < 4.78 is 49.8. The van der Waals surface area contributed by atoms with Gasteiger partial charge in [0.2, 0.25) is 0 Å². The van der Waals surface area contributed by atoms with E-state index in [1.54, 1.807) is 20.8 Å². The number of carbonyl (C=O) groups excluding carboxylic acids is 2. The van der Waals surface area contributed by atoms with Crippen molar-refractivity contribution in [2.75, 3.05) is 20.2 Å². The number of H-pyrrole nitrogens is 1. The third kappa shape index (κ3) is 5.84. The molecule has 2 atom stereocenters. The van der Waals surface area contributed by atoms with E-state index in [9.17, 15) is 22.8 Å². The highest BCUT2D eigenvalue weighted by Gasteiger charge is 2.39. The third-order valence-corrected chi connectivity index (χ3v) is 4.45. The fourth-order valence-electron chi connectivity index (χ4n) is 3.06. The largest absolute Gasteiger partial charge is 0.444 e. The van der Waals surface area contributed by atoms with E-state index in [1.807, 2.05) is 0 Å². The maximum atomic E-state index is 13.0. The minimum absolute atomic E-state index is 0.0596. The van der Waals surface area contributed by atoms with Gasteiger partial charge in [0.05, 0.1) is 18.7 Å². The molecule has 29 heavy (non-hydrogen) atoms. The van der Waals surface area contributed by atoms with Crippen LogP contribution in [0.15, 0.2) is 0 Å². The number of methoxy groups -OCH3 is 1. The molecule has 0 aromatic carbocycles. The summed E-state index contributed by atoms with van der Waals surface area (Å²) in [5.41, 5.74) is -1.88. The van der Waals surface area contributed by atoms with E-state index >= 15 is 0 Å². The monoisotopic (exact) mass is 420 g/mol. The number of hydrogen-bond donors (Lipinski definition) is 2. The fraction of sp³-hybridized carbons (Fsp3) is 0.722. The molecule has 1 fully saturated rings. The Labute approximate surface area is 167 Å². The van der Waals surface area contributed by atoms with Crippen molar-refractivity contribution in [3.63, 3.8) is 0 Å². The molecular formula is C18H27F3N4O4. The lowest BCUT2D eigenvalue weighted by molar-refractivity contribution is -0.141. The fourth-order valence-corrected chi connectivity index (χ4v) is 3.06. The number of hydrogen-bond acceptors (Lipinski definition) is 5. The number of amides is 2. The molecule has 0 aliphatic carbocycles. The highest BCUT2D eigenvalue weighted by Crippen LogP contribution is 2.30. The van der Waals surface area contributed by atoms with Gasteiger partial charge in [0.1, 0.15) is 5.60 Å². The van der Waals surface area contributed by atoms with Crippen LogP contribution in [-0.4, -0.2) is 64.8 Å². The van der Waals surface area contributed by atoms with Crippen LogP contribution in [0.1, 0.15) is 56.1 Å². The van der Waals surface area contributed by atoms with Gasteiger partial charge in [-0.2, -0.15) is 13.2 Å². The van der Waals surface area contributed by atoms with Gasteiger partial charge in [0.25, 0.3) is 5.91 Å². The first-order valence-corrected chi connectivity index (χ1v) is 9.33. The number of nitrogens with one attached hydrogen (secondary N) is 2. The normalized spacial score (nSPS) is 20.5. The lowest BCUT2D eigenvalue weighted by Crippen LogP contribution is -2.56. The van der Waals surface area contributed by atoms with Crippen molar-refractivity contribution in [1.29, 1.82) is 0 Å². The van der Waals surface area contributed by atoms with E-state index < -0.39 is 47.4 Å². The molecule has 0 saturated carbocycles. The number of halogens is 3. The molecule has 0 spiro atoms. The number of ether oxygens (including phenoxy) is 2. The second-order valence-corrected chi connectivity index (χ2v) is 7.83. The Balaban J connectivity index is 2.06. The second-order valence-electron chi connectivity index (χ2n) is 7.83. The predicted molar refractivity (Wildman–Crippen MR) is 97.4 cm³/mol. The smallest absolute Gasteiger partial charge is 0.435 e. The van der Waals surface area contributed by atoms with Gasteiger partial charge >= 0.3 is 12.3 Å². The minimum atomic E-state index is -4.64. The molecule has 2 amide bonds. The summed E-state index contributed by atoms with van der Waals surface area (Å²) in [7, 11) is 1.44. The van der Waals surface area contributed by atoms with Crippen molar-refractivity contribution in [3.05, 3.63) is 17.2 Å². The number of alkyl halides is 3. The average Bonchev–Trinajstić information content (AvgIpc) is 3.05. The molecule has 1 aliphatic heterocycles. The molecule has 1 aliphatic rings. The Morgan fingerprint density at radius 1 is 1.31 bits per heavy atom. The van der Waals surface area contributed by atoms with Gasteiger partial charge in [-0.1, -0.05) is 6.92 Å². The van der Waals surface area contributed by atoms with Gasteiger partial charge in [0, 0.05) is 19.3 Å². The number of likely N-dealkylation sites (tertiary alicyclic amines) is 1. The number of carbonyl (C=O) groups is 2. The Bertz CT molecular complexity index is 742. The topological polar surface area (TPSA) is 96.6 Å². The summed E-state index contributed by atoms with van der Waals surface area (Å²) in [6.45, 7) is 7.31. The highest BCUT2D eigenvalue weighted by molar-refractivity contribution is 5.91. The molecule has 0 radical (unpaired) electrons. The Morgan fingerprint density at radius 3 is 2.45 bits per heavy atom. The molecule has 2 rings (SSSR count). The van der Waals surface area contributed by atoms with E-state index in [-0.39, 0.29) is 18.7 Å². The van der Waals surface area contributed by atoms with Gasteiger partial charge in [-0.15, -0.1) is 0 Å². The maximum absolute atomic E-state index is 13.0. The van der Waals surface area contributed by atoms with Crippen LogP contribution in [-0.2, 0) is 22.1 Å². The highest BCUT2D eigenvalue weighted by atomic mass is 19.4. The number of aromatic amines is 1. The van der Waals surface area contributed by atoms with Gasteiger partial charge in [-0.25, -0.2) is 9.78 Å². The standard InChI is InChI=1S/C18H27F3N4O4/c1-6-10-13(18(19,20)21)24-14(22-10)15(26)23-11-7-8-25(9-12(11)28-5)16(27)29-17(2,3)4/h11-12H,6-9H2,1-5H3,(H,22,24)(H,23,26). The summed E-state index contributed by atoms with van der Waals surface area (Å²) in [5.74, 6) is -1.16. The van der Waals surface area contributed by atoms with Crippen molar-refractivity contribution in [2.45, 2.75) is 64.5 Å². The molecule has 0 bridgehead atoms. The summed E-state index contributed by atoms with van der Waals surface area (Å²) in [6.07, 6.45) is -5.25. The quantitative estimate of drug-likeness (QED) is 0.781. The molecule has 11 heteroatoms. The zero-order valence-corrected chi connectivity index (χ0v) is 17.1. The van der Waals surface area contributed by atoms with E-state index in [2.05, 4.69) is 15.3 Å². The van der Waals surface area contributed by atoms with Crippen LogP contribution in [0.3, 0.4) is 0 Å². The molecule has 2 N–H and O–H groups in total. The van der Waals surface area contributed by atoms with Crippen molar-refractivity contribution in [3.8, 4) is 0 Å². The van der Waals surface area contributed by atoms with E-state index in [4.69, 9.17) is 9.47 Å². The van der Waals surface area contributed by atoms with Gasteiger partial charge < -0.3 is 24.7 Å². The van der Waals surface area contributed by atoms with E-state index in [0.29, 0.717) is 13.0 Å². The Morgan fingerprint density at radius 2 is 1.97 bits per heavy atom. The van der Waals surface area contributed by atoms with E-state index in [1.165, 1.54) is 18.9 Å². The molecule has 1 aromatic rings. The molecule has 164 valence electrons. The van der Waals surface area contributed by atoms with Gasteiger partial charge in [0.15, 0.2) is 11.5 Å². The lowest BCUT2D eigenvalue weighted by atomic mass is 10.0. The molecule has 2 unspecified atom stereocenters. The van der Waals surface area contributed by atoms with Crippen molar-refractivity contribution in [2.24, 2.45) is 0 Å². The third-order valence-electron chi connectivity index (χ3n) is 4.45. The zero-order valence-electron chi connectivity index (χ0n) is 17.1. The molecule has 2 heterocycles. The van der Waals surface area contributed by atoms with Crippen LogP contribution in [0.5, 0.6) is 0 Å². The number of nitrogens with zero attached hydrogens (tertiary/aromatic N) is 2. The number of aromatic nitrogens is 2. The van der Waals surface area contributed by atoms with Crippen LogP contribution in [0.2, 0.25) is 0 Å². The number of imidazole rings is 1. The first-order valence-electron chi connectivity index (χ1n) is 9.33. The van der Waals surface area contributed by atoms with Crippen LogP contribution in [0.4, 0.5) is 18.0 Å². The maximum Gasteiger partial charge on any atom is 0.435 e. The number of piperidine rings is 1.